The number of hydrogen-bond donors (Lipinski definition) is 0. The molecule has 0 aliphatic carbocycles. The van der Waals surface area contributed by atoms with Crippen LogP contribution in [0.4, 0.5) is 0 Å². The Labute approximate surface area is 191 Å². The molecule has 6 nitrogen and oxygen atoms in total. The van der Waals surface area contributed by atoms with Gasteiger partial charge in [0.2, 0.25) is 11.8 Å². The number of piperidine rings is 1. The van der Waals surface area contributed by atoms with Crippen molar-refractivity contribution in [1.82, 2.24) is 14.8 Å². The fourth-order valence-electron chi connectivity index (χ4n) is 5.05. The molecule has 4 rings (SSSR count). The first-order valence-electron chi connectivity index (χ1n) is 11.9. The van der Waals surface area contributed by atoms with E-state index in [9.17, 15) is 4.79 Å². The standard InChI is InChI=1S/C26H34N4O2/c1-4-20-21(23(5-2)29-13-8-6-7-9-14-29)11-15-30-24(20)17-22(28-18-26(30)31)19-10-12-27-25(16-19)32-3/h4,10,12,16-17H,5-9,11,13-15,18H2,1-3H3. The molecule has 0 atom stereocenters. The molecule has 0 spiro atoms. The average molecular weight is 435 g/mol. The number of aromatic nitrogens is 1. The molecular weight excluding hydrogens is 400 g/mol. The summed E-state index contributed by atoms with van der Waals surface area (Å²) in [4.78, 5) is 26.4. The van der Waals surface area contributed by atoms with E-state index >= 15 is 0 Å². The molecule has 1 aromatic rings. The number of nitrogens with zero attached hydrogens (tertiary/aromatic N) is 4. The zero-order chi connectivity index (χ0) is 22.5. The first-order chi connectivity index (χ1) is 15.7. The van der Waals surface area contributed by atoms with Gasteiger partial charge in [0.05, 0.1) is 18.5 Å². The second-order valence-electron chi connectivity index (χ2n) is 8.50. The number of rotatable bonds is 4. The zero-order valence-electron chi connectivity index (χ0n) is 19.6. The van der Waals surface area contributed by atoms with Crippen LogP contribution in [0.2, 0.25) is 0 Å². The van der Waals surface area contributed by atoms with Crippen LogP contribution in [-0.4, -0.2) is 59.7 Å². The Balaban J connectivity index is 1.77. The lowest BCUT2D eigenvalue weighted by atomic mass is 9.89. The third-order valence-corrected chi connectivity index (χ3v) is 6.64. The molecule has 3 aliphatic heterocycles. The quantitative estimate of drug-likeness (QED) is 0.700. The number of pyridine rings is 1. The summed E-state index contributed by atoms with van der Waals surface area (Å²) in [6.45, 7) is 7.47. The van der Waals surface area contributed by atoms with Crippen LogP contribution in [-0.2, 0) is 4.79 Å². The van der Waals surface area contributed by atoms with Gasteiger partial charge in [-0.1, -0.05) is 25.8 Å². The smallest absolute Gasteiger partial charge is 0.248 e. The number of hydrogen-bond acceptors (Lipinski definition) is 5. The predicted octanol–water partition coefficient (Wildman–Crippen LogP) is 4.50. The van der Waals surface area contributed by atoms with Gasteiger partial charge in [-0.3, -0.25) is 9.79 Å². The van der Waals surface area contributed by atoms with E-state index in [-0.39, 0.29) is 12.5 Å². The van der Waals surface area contributed by atoms with Gasteiger partial charge in [-0.15, -0.1) is 0 Å². The van der Waals surface area contributed by atoms with Gasteiger partial charge in [-0.05, 0) is 55.9 Å². The normalized spacial score (nSPS) is 22.6. The number of carbonyl (C=O) groups excluding carboxylic acids is 1. The minimum atomic E-state index is 0.0542. The Kier molecular flexibility index (Phi) is 7.08. The minimum Gasteiger partial charge on any atom is -0.481 e. The SMILES string of the molecule is CC=C1C2=CC(c3ccnc(OC)c3)=NCC(=O)N2CCC1=C(CC)N1CCCCCC1. The van der Waals surface area contributed by atoms with Crippen molar-refractivity contribution in [2.45, 2.75) is 52.4 Å². The molecule has 0 radical (unpaired) electrons. The van der Waals surface area contributed by atoms with Crippen molar-refractivity contribution in [3.05, 3.63) is 58.6 Å². The highest BCUT2D eigenvalue weighted by Crippen LogP contribution is 2.37. The summed E-state index contributed by atoms with van der Waals surface area (Å²) in [7, 11) is 1.61. The molecule has 2 fully saturated rings. The Morgan fingerprint density at radius 1 is 1.19 bits per heavy atom. The van der Waals surface area contributed by atoms with Crippen LogP contribution in [0, 0.1) is 0 Å². The van der Waals surface area contributed by atoms with E-state index in [1.807, 2.05) is 17.0 Å². The van der Waals surface area contributed by atoms with E-state index in [1.165, 1.54) is 42.5 Å². The lowest BCUT2D eigenvalue weighted by Gasteiger charge is -2.36. The van der Waals surface area contributed by atoms with Gasteiger partial charge in [0.25, 0.3) is 0 Å². The van der Waals surface area contributed by atoms with Crippen molar-refractivity contribution in [3.8, 4) is 5.88 Å². The summed E-state index contributed by atoms with van der Waals surface area (Å²) in [5.74, 6) is 0.597. The second kappa shape index (κ2) is 10.2. The predicted molar refractivity (Wildman–Crippen MR) is 128 cm³/mol. The van der Waals surface area contributed by atoms with Crippen LogP contribution in [0.5, 0.6) is 5.88 Å². The van der Waals surface area contributed by atoms with Crippen LogP contribution in [0.25, 0.3) is 0 Å². The first-order valence-corrected chi connectivity index (χ1v) is 11.9. The number of methoxy groups -OCH3 is 1. The van der Waals surface area contributed by atoms with Crippen molar-refractivity contribution >= 4 is 11.6 Å². The molecule has 0 bridgehead atoms. The number of aliphatic imine (C=N–C) groups is 1. The monoisotopic (exact) mass is 434 g/mol. The van der Waals surface area contributed by atoms with Gasteiger partial charge in [0, 0.05) is 43.2 Å². The summed E-state index contributed by atoms with van der Waals surface area (Å²) in [6, 6.07) is 3.79. The van der Waals surface area contributed by atoms with Crippen molar-refractivity contribution < 1.29 is 9.53 Å². The molecule has 0 unspecified atom stereocenters. The van der Waals surface area contributed by atoms with Crippen LogP contribution in [0.3, 0.4) is 0 Å². The van der Waals surface area contributed by atoms with E-state index in [2.05, 4.69) is 40.9 Å². The lowest BCUT2D eigenvalue weighted by Crippen LogP contribution is -2.38. The van der Waals surface area contributed by atoms with Gasteiger partial charge in [0.15, 0.2) is 0 Å². The summed E-state index contributed by atoms with van der Waals surface area (Å²) < 4.78 is 5.30. The number of carbonyl (C=O) groups is 1. The molecule has 1 aromatic heterocycles. The van der Waals surface area contributed by atoms with Gasteiger partial charge in [-0.2, -0.15) is 0 Å². The molecule has 0 N–H and O–H groups in total. The Morgan fingerprint density at radius 3 is 2.66 bits per heavy atom. The highest BCUT2D eigenvalue weighted by Gasteiger charge is 2.32. The van der Waals surface area contributed by atoms with Crippen molar-refractivity contribution in [2.24, 2.45) is 4.99 Å². The van der Waals surface area contributed by atoms with Crippen LogP contribution in [0.1, 0.15) is 57.9 Å². The molecule has 4 heterocycles. The molecular formula is C26H34N4O2. The van der Waals surface area contributed by atoms with Crippen molar-refractivity contribution in [1.29, 1.82) is 0 Å². The largest absolute Gasteiger partial charge is 0.481 e. The topological polar surface area (TPSA) is 58.0 Å². The van der Waals surface area contributed by atoms with Gasteiger partial charge < -0.3 is 14.5 Å². The minimum absolute atomic E-state index is 0.0542. The van der Waals surface area contributed by atoms with E-state index in [1.54, 1.807) is 13.3 Å². The molecule has 0 saturated carbocycles. The number of allylic oxidation sites excluding steroid dienone is 4. The van der Waals surface area contributed by atoms with E-state index in [0.717, 1.165) is 42.9 Å². The Hall–Kier alpha value is -2.89. The fourth-order valence-corrected chi connectivity index (χ4v) is 5.05. The van der Waals surface area contributed by atoms with E-state index in [4.69, 9.17) is 4.74 Å². The average Bonchev–Trinajstić information content (AvgIpc) is 3.19. The van der Waals surface area contributed by atoms with Gasteiger partial charge in [0.1, 0.15) is 6.54 Å². The molecule has 2 saturated heterocycles. The summed E-state index contributed by atoms with van der Waals surface area (Å²) in [5, 5.41) is 0. The van der Waals surface area contributed by atoms with Crippen LogP contribution >= 0.6 is 0 Å². The van der Waals surface area contributed by atoms with Gasteiger partial charge >= 0.3 is 0 Å². The van der Waals surface area contributed by atoms with Crippen LogP contribution < -0.4 is 4.74 Å². The lowest BCUT2D eigenvalue weighted by molar-refractivity contribution is -0.127. The number of likely N-dealkylation sites (tertiary alicyclic amines) is 1. The molecule has 1 amide bonds. The third kappa shape index (κ3) is 4.50. The number of fused-ring (bicyclic) bond motifs is 1. The molecule has 32 heavy (non-hydrogen) atoms. The molecule has 170 valence electrons. The maximum atomic E-state index is 13.0. The highest BCUT2D eigenvalue weighted by molar-refractivity contribution is 6.11. The molecule has 6 heteroatoms. The summed E-state index contributed by atoms with van der Waals surface area (Å²) in [6.07, 6.45) is 13.0. The Bertz CT molecular complexity index is 981. The zero-order valence-corrected chi connectivity index (χ0v) is 19.6. The first kappa shape index (κ1) is 22.3. The van der Waals surface area contributed by atoms with E-state index in [0.29, 0.717) is 12.4 Å². The van der Waals surface area contributed by atoms with E-state index < -0.39 is 0 Å². The number of amides is 1. The summed E-state index contributed by atoms with van der Waals surface area (Å²) >= 11 is 0. The third-order valence-electron chi connectivity index (χ3n) is 6.64. The summed E-state index contributed by atoms with van der Waals surface area (Å²) in [5.41, 5.74) is 6.67. The molecule has 3 aliphatic rings. The molecule has 0 aromatic carbocycles. The highest BCUT2D eigenvalue weighted by atomic mass is 16.5. The fraction of sp³-hybridized carbons (Fsp3) is 0.500. The maximum absolute atomic E-state index is 13.0. The number of ether oxygens (including phenoxy) is 1. The Morgan fingerprint density at radius 2 is 1.97 bits per heavy atom. The second-order valence-corrected chi connectivity index (χ2v) is 8.50. The van der Waals surface area contributed by atoms with Crippen molar-refractivity contribution in [3.63, 3.8) is 0 Å². The maximum Gasteiger partial charge on any atom is 0.248 e. The van der Waals surface area contributed by atoms with Gasteiger partial charge in [-0.25, -0.2) is 4.98 Å². The van der Waals surface area contributed by atoms with Crippen molar-refractivity contribution in [2.75, 3.05) is 33.3 Å². The van der Waals surface area contributed by atoms with Crippen LogP contribution in [0.15, 0.2) is 58.0 Å².